The molecule has 0 amide bonds. The SMILES string of the molecule is O=C(OCc1nc2sc3c(c2c(=O)[nH]1)CCC3)c1c(F)cccc1Cl. The van der Waals surface area contributed by atoms with E-state index in [2.05, 4.69) is 9.97 Å². The number of rotatable bonds is 3. The first-order valence-corrected chi connectivity index (χ1v) is 8.88. The molecule has 0 saturated carbocycles. The molecule has 5 nitrogen and oxygen atoms in total. The molecule has 25 heavy (non-hydrogen) atoms. The van der Waals surface area contributed by atoms with Crippen LogP contribution in [0.2, 0.25) is 5.02 Å². The standard InChI is InChI=1S/C17H12ClFN2O3S/c18-9-4-2-5-10(19)14(9)17(23)24-7-12-20-15(22)13-8-3-1-6-11(8)25-16(13)21-12/h2,4-5H,1,3,6-7H2,(H,20,21,22). The normalized spacial score (nSPS) is 13.2. The summed E-state index contributed by atoms with van der Waals surface area (Å²) in [5, 5.41) is 0.598. The molecule has 128 valence electrons. The van der Waals surface area contributed by atoms with E-state index in [9.17, 15) is 14.0 Å². The van der Waals surface area contributed by atoms with Crippen LogP contribution in [0.4, 0.5) is 4.39 Å². The van der Waals surface area contributed by atoms with E-state index in [0.717, 1.165) is 30.9 Å². The lowest BCUT2D eigenvalue weighted by Gasteiger charge is -2.07. The zero-order valence-electron chi connectivity index (χ0n) is 12.9. The molecule has 0 unspecified atom stereocenters. The van der Waals surface area contributed by atoms with Crippen LogP contribution in [-0.2, 0) is 24.2 Å². The largest absolute Gasteiger partial charge is 0.454 e. The summed E-state index contributed by atoms with van der Waals surface area (Å²) in [7, 11) is 0. The molecular weight excluding hydrogens is 367 g/mol. The number of aromatic nitrogens is 2. The maximum absolute atomic E-state index is 13.7. The molecule has 1 N–H and O–H groups in total. The van der Waals surface area contributed by atoms with Crippen LogP contribution in [0.25, 0.3) is 10.2 Å². The summed E-state index contributed by atoms with van der Waals surface area (Å²) in [6.45, 7) is -0.267. The predicted octanol–water partition coefficient (Wildman–Crippen LogP) is 3.62. The van der Waals surface area contributed by atoms with Crippen molar-refractivity contribution in [3.8, 4) is 0 Å². The quantitative estimate of drug-likeness (QED) is 0.706. The minimum Gasteiger partial charge on any atom is -0.454 e. The summed E-state index contributed by atoms with van der Waals surface area (Å²) < 4.78 is 18.8. The fraction of sp³-hybridized carbons (Fsp3) is 0.235. The Balaban J connectivity index is 1.59. The number of hydrogen-bond donors (Lipinski definition) is 1. The highest BCUT2D eigenvalue weighted by atomic mass is 35.5. The van der Waals surface area contributed by atoms with Crippen molar-refractivity contribution in [3.63, 3.8) is 0 Å². The number of nitrogens with zero attached hydrogens (tertiary/aromatic N) is 1. The van der Waals surface area contributed by atoms with Crippen molar-refractivity contribution < 1.29 is 13.9 Å². The Morgan fingerprint density at radius 3 is 3.04 bits per heavy atom. The van der Waals surface area contributed by atoms with E-state index in [4.69, 9.17) is 16.3 Å². The molecule has 8 heteroatoms. The Morgan fingerprint density at radius 1 is 1.40 bits per heavy atom. The number of nitrogens with one attached hydrogen (secondary N) is 1. The molecule has 0 radical (unpaired) electrons. The van der Waals surface area contributed by atoms with Crippen LogP contribution in [0.1, 0.15) is 33.0 Å². The van der Waals surface area contributed by atoms with Gasteiger partial charge in [-0.25, -0.2) is 14.2 Å². The average molecular weight is 379 g/mol. The highest BCUT2D eigenvalue weighted by molar-refractivity contribution is 7.18. The lowest BCUT2D eigenvalue weighted by molar-refractivity contribution is 0.0457. The number of hydrogen-bond acceptors (Lipinski definition) is 5. The number of halogens is 2. The van der Waals surface area contributed by atoms with Gasteiger partial charge >= 0.3 is 5.97 Å². The lowest BCUT2D eigenvalue weighted by Crippen LogP contribution is -2.15. The first-order chi connectivity index (χ1) is 12.0. The van der Waals surface area contributed by atoms with Crippen LogP contribution in [0.5, 0.6) is 0 Å². The van der Waals surface area contributed by atoms with E-state index in [1.807, 2.05) is 0 Å². The summed E-state index contributed by atoms with van der Waals surface area (Å²) in [6.07, 6.45) is 2.91. The van der Waals surface area contributed by atoms with Gasteiger partial charge < -0.3 is 9.72 Å². The van der Waals surface area contributed by atoms with Crippen molar-refractivity contribution >= 4 is 39.1 Å². The number of benzene rings is 1. The topological polar surface area (TPSA) is 72.0 Å². The number of thiophene rings is 1. The van der Waals surface area contributed by atoms with Gasteiger partial charge in [-0.1, -0.05) is 17.7 Å². The first kappa shape index (κ1) is 16.2. The van der Waals surface area contributed by atoms with Gasteiger partial charge in [0.1, 0.15) is 28.6 Å². The third kappa shape index (κ3) is 2.83. The number of carbonyl (C=O) groups is 1. The molecule has 1 aliphatic carbocycles. The predicted molar refractivity (Wildman–Crippen MR) is 92.8 cm³/mol. The summed E-state index contributed by atoms with van der Waals surface area (Å²) in [5.41, 5.74) is 0.512. The van der Waals surface area contributed by atoms with Gasteiger partial charge in [-0.15, -0.1) is 11.3 Å². The number of aromatic amines is 1. The second-order valence-corrected chi connectivity index (χ2v) is 7.21. The molecular formula is C17H12ClFN2O3S. The van der Waals surface area contributed by atoms with Gasteiger partial charge in [0.25, 0.3) is 5.56 Å². The third-order valence-electron chi connectivity index (χ3n) is 4.13. The maximum Gasteiger partial charge on any atom is 0.343 e. The summed E-state index contributed by atoms with van der Waals surface area (Å²) in [6, 6.07) is 3.93. The van der Waals surface area contributed by atoms with E-state index in [0.29, 0.717) is 10.2 Å². The molecule has 3 aromatic rings. The molecule has 0 aliphatic heterocycles. The van der Waals surface area contributed by atoms with Gasteiger partial charge in [-0.2, -0.15) is 0 Å². The summed E-state index contributed by atoms with van der Waals surface area (Å²) in [5.74, 6) is -1.44. The van der Waals surface area contributed by atoms with E-state index < -0.39 is 11.8 Å². The number of esters is 1. The van der Waals surface area contributed by atoms with Gasteiger partial charge in [-0.05, 0) is 37.0 Å². The zero-order valence-corrected chi connectivity index (χ0v) is 14.5. The molecule has 0 bridgehead atoms. The average Bonchev–Trinajstić information content (AvgIpc) is 3.13. The van der Waals surface area contributed by atoms with Crippen LogP contribution in [-0.4, -0.2) is 15.9 Å². The van der Waals surface area contributed by atoms with Gasteiger partial charge in [0.2, 0.25) is 0 Å². The van der Waals surface area contributed by atoms with E-state index >= 15 is 0 Å². The molecule has 0 atom stereocenters. The fourth-order valence-electron chi connectivity index (χ4n) is 3.01. The van der Waals surface area contributed by atoms with Crippen molar-refractivity contribution in [2.45, 2.75) is 25.9 Å². The van der Waals surface area contributed by atoms with E-state index in [-0.39, 0.29) is 28.6 Å². The lowest BCUT2D eigenvalue weighted by atomic mass is 10.2. The van der Waals surface area contributed by atoms with Gasteiger partial charge in [0, 0.05) is 4.88 Å². The van der Waals surface area contributed by atoms with Crippen molar-refractivity contribution in [1.29, 1.82) is 0 Å². The Bertz CT molecular complexity index is 1040. The third-order valence-corrected chi connectivity index (χ3v) is 5.63. The highest BCUT2D eigenvalue weighted by Crippen LogP contribution is 2.34. The van der Waals surface area contributed by atoms with Crippen LogP contribution in [0.3, 0.4) is 0 Å². The van der Waals surface area contributed by atoms with Crippen LogP contribution >= 0.6 is 22.9 Å². The number of carbonyl (C=O) groups excluding carboxylic acids is 1. The van der Waals surface area contributed by atoms with E-state index in [1.54, 1.807) is 0 Å². The molecule has 2 aromatic heterocycles. The van der Waals surface area contributed by atoms with Gasteiger partial charge in [-0.3, -0.25) is 4.79 Å². The molecule has 1 aromatic carbocycles. The fourth-order valence-corrected chi connectivity index (χ4v) is 4.54. The Labute approximate surface area is 150 Å². The summed E-state index contributed by atoms with van der Waals surface area (Å²) >= 11 is 7.34. The molecule has 0 saturated heterocycles. The molecule has 4 rings (SSSR count). The molecule has 0 spiro atoms. The number of aryl methyl sites for hydroxylation is 2. The van der Waals surface area contributed by atoms with Crippen molar-refractivity contribution in [3.05, 3.63) is 61.2 Å². The van der Waals surface area contributed by atoms with Crippen LogP contribution in [0, 0.1) is 5.82 Å². The first-order valence-electron chi connectivity index (χ1n) is 7.69. The Kier molecular flexibility index (Phi) is 4.05. The Hall–Kier alpha value is -2.25. The second-order valence-electron chi connectivity index (χ2n) is 5.72. The second kappa shape index (κ2) is 6.24. The minimum absolute atomic E-state index is 0.0309. The van der Waals surface area contributed by atoms with E-state index in [1.165, 1.54) is 28.3 Å². The molecule has 1 aliphatic rings. The number of ether oxygens (including phenoxy) is 1. The van der Waals surface area contributed by atoms with Crippen molar-refractivity contribution in [2.24, 2.45) is 0 Å². The van der Waals surface area contributed by atoms with Gasteiger partial charge in [0.15, 0.2) is 0 Å². The highest BCUT2D eigenvalue weighted by Gasteiger charge is 2.22. The number of fused-ring (bicyclic) bond motifs is 3. The Morgan fingerprint density at radius 2 is 2.24 bits per heavy atom. The van der Waals surface area contributed by atoms with Crippen molar-refractivity contribution in [2.75, 3.05) is 0 Å². The van der Waals surface area contributed by atoms with Crippen LogP contribution in [0.15, 0.2) is 23.0 Å². The number of H-pyrrole nitrogens is 1. The smallest absolute Gasteiger partial charge is 0.343 e. The van der Waals surface area contributed by atoms with Gasteiger partial charge in [0.05, 0.1) is 10.4 Å². The molecule has 0 fully saturated rings. The molecule has 2 heterocycles. The van der Waals surface area contributed by atoms with Crippen LogP contribution < -0.4 is 5.56 Å². The maximum atomic E-state index is 13.7. The minimum atomic E-state index is -0.903. The monoisotopic (exact) mass is 378 g/mol. The zero-order chi connectivity index (χ0) is 17.6. The van der Waals surface area contributed by atoms with Crippen molar-refractivity contribution in [1.82, 2.24) is 9.97 Å². The summed E-state index contributed by atoms with van der Waals surface area (Å²) in [4.78, 5) is 33.2.